The van der Waals surface area contributed by atoms with Crippen molar-refractivity contribution in [1.82, 2.24) is 5.32 Å². The van der Waals surface area contributed by atoms with Crippen molar-refractivity contribution in [3.8, 4) is 0 Å². The Bertz CT molecular complexity index is 585. The third kappa shape index (κ3) is 2.47. The molecule has 0 fully saturated rings. The second-order valence-electron chi connectivity index (χ2n) is 5.21. The summed E-state index contributed by atoms with van der Waals surface area (Å²) in [4.78, 5) is 0. The van der Waals surface area contributed by atoms with E-state index in [0.29, 0.717) is 0 Å². The Labute approximate surface area is 118 Å². The van der Waals surface area contributed by atoms with E-state index in [4.69, 9.17) is 0 Å². The lowest BCUT2D eigenvalue weighted by molar-refractivity contribution is 0.233. The molecule has 1 aliphatic carbocycles. The van der Waals surface area contributed by atoms with Gasteiger partial charge in [0.15, 0.2) is 0 Å². The van der Waals surface area contributed by atoms with Gasteiger partial charge in [-0.2, -0.15) is 0 Å². The maximum atomic E-state index is 13.7. The van der Waals surface area contributed by atoms with Crippen LogP contribution in [0.25, 0.3) is 0 Å². The summed E-state index contributed by atoms with van der Waals surface area (Å²) < 4.78 is 13.7. The first-order chi connectivity index (χ1) is 9.79. The van der Waals surface area contributed by atoms with Crippen LogP contribution in [-0.2, 0) is 6.42 Å². The maximum absolute atomic E-state index is 13.7. The third-order valence-corrected chi connectivity index (χ3v) is 4.00. The summed E-state index contributed by atoms with van der Waals surface area (Å²) >= 11 is 0. The molecule has 20 heavy (non-hydrogen) atoms. The minimum absolute atomic E-state index is 0.0329. The molecule has 0 aromatic heterocycles. The molecular formula is C17H18FNO. The quantitative estimate of drug-likeness (QED) is 0.895. The second-order valence-corrected chi connectivity index (χ2v) is 5.21. The Hall–Kier alpha value is -1.71. The van der Waals surface area contributed by atoms with Crippen molar-refractivity contribution in [1.29, 1.82) is 0 Å². The average molecular weight is 271 g/mol. The van der Waals surface area contributed by atoms with Gasteiger partial charge in [-0.3, -0.25) is 0 Å². The SMILES string of the molecule is OCC(NC1CCc2c(F)cccc21)c1ccccc1. The lowest BCUT2D eigenvalue weighted by Crippen LogP contribution is -2.27. The Morgan fingerprint density at radius 2 is 1.95 bits per heavy atom. The number of nitrogens with one attached hydrogen (secondary N) is 1. The lowest BCUT2D eigenvalue weighted by atomic mass is 10.0. The molecule has 0 saturated heterocycles. The van der Waals surface area contributed by atoms with E-state index in [1.165, 1.54) is 6.07 Å². The van der Waals surface area contributed by atoms with Gasteiger partial charge in [-0.15, -0.1) is 0 Å². The van der Waals surface area contributed by atoms with Gasteiger partial charge in [-0.25, -0.2) is 4.39 Å². The second kappa shape index (κ2) is 5.73. The van der Waals surface area contributed by atoms with Crippen LogP contribution in [0.2, 0.25) is 0 Å². The molecule has 0 spiro atoms. The molecule has 2 nitrogen and oxygen atoms in total. The average Bonchev–Trinajstić information content (AvgIpc) is 2.90. The van der Waals surface area contributed by atoms with Gasteiger partial charge >= 0.3 is 0 Å². The molecule has 1 aliphatic rings. The van der Waals surface area contributed by atoms with Crippen LogP contribution in [0, 0.1) is 5.82 Å². The summed E-state index contributed by atoms with van der Waals surface area (Å²) in [6.07, 6.45) is 1.63. The highest BCUT2D eigenvalue weighted by atomic mass is 19.1. The topological polar surface area (TPSA) is 32.3 Å². The zero-order valence-electron chi connectivity index (χ0n) is 11.2. The van der Waals surface area contributed by atoms with Gasteiger partial charge in [-0.05, 0) is 35.6 Å². The molecule has 0 radical (unpaired) electrons. The molecule has 2 aromatic carbocycles. The van der Waals surface area contributed by atoms with Crippen LogP contribution in [0.15, 0.2) is 48.5 Å². The Morgan fingerprint density at radius 3 is 2.70 bits per heavy atom. The van der Waals surface area contributed by atoms with Gasteiger partial charge in [0.1, 0.15) is 5.82 Å². The van der Waals surface area contributed by atoms with Gasteiger partial charge < -0.3 is 10.4 Å². The third-order valence-electron chi connectivity index (χ3n) is 4.00. The van der Waals surface area contributed by atoms with E-state index < -0.39 is 0 Å². The van der Waals surface area contributed by atoms with Crippen LogP contribution in [0.5, 0.6) is 0 Å². The molecule has 2 aromatic rings. The zero-order chi connectivity index (χ0) is 13.9. The lowest BCUT2D eigenvalue weighted by Gasteiger charge is -2.22. The first kappa shape index (κ1) is 13.3. The van der Waals surface area contributed by atoms with Crippen molar-refractivity contribution in [2.24, 2.45) is 0 Å². The number of hydrogen-bond acceptors (Lipinski definition) is 2. The number of rotatable bonds is 4. The van der Waals surface area contributed by atoms with Crippen LogP contribution in [0.3, 0.4) is 0 Å². The van der Waals surface area contributed by atoms with Gasteiger partial charge in [0.2, 0.25) is 0 Å². The zero-order valence-corrected chi connectivity index (χ0v) is 11.2. The van der Waals surface area contributed by atoms with Crippen LogP contribution in [-0.4, -0.2) is 11.7 Å². The monoisotopic (exact) mass is 271 g/mol. The highest BCUT2D eigenvalue weighted by Crippen LogP contribution is 2.34. The fourth-order valence-corrected chi connectivity index (χ4v) is 2.97. The normalized spacial score (nSPS) is 18.8. The summed E-state index contributed by atoms with van der Waals surface area (Å²) in [5.74, 6) is -0.118. The number of benzene rings is 2. The highest BCUT2D eigenvalue weighted by molar-refractivity contribution is 5.36. The number of hydrogen-bond donors (Lipinski definition) is 2. The molecule has 0 amide bonds. The van der Waals surface area contributed by atoms with Crippen molar-refractivity contribution in [3.63, 3.8) is 0 Å². The van der Waals surface area contributed by atoms with Gasteiger partial charge in [0.05, 0.1) is 12.6 Å². The Morgan fingerprint density at radius 1 is 1.15 bits per heavy atom. The minimum atomic E-state index is -0.118. The van der Waals surface area contributed by atoms with Crippen LogP contribution in [0.1, 0.15) is 35.2 Å². The summed E-state index contributed by atoms with van der Waals surface area (Å²) in [5.41, 5.74) is 2.90. The molecule has 0 bridgehead atoms. The van der Waals surface area contributed by atoms with Gasteiger partial charge in [0, 0.05) is 6.04 Å². The number of fused-ring (bicyclic) bond motifs is 1. The molecule has 0 saturated carbocycles. The van der Waals surface area contributed by atoms with Crippen LogP contribution in [0.4, 0.5) is 4.39 Å². The predicted octanol–water partition coefficient (Wildman–Crippen LogP) is 3.14. The maximum Gasteiger partial charge on any atom is 0.126 e. The van der Waals surface area contributed by atoms with Crippen molar-refractivity contribution >= 4 is 0 Å². The standard InChI is InChI=1S/C17H18FNO/c18-15-8-4-7-14-13(15)9-10-16(14)19-17(11-20)12-5-2-1-3-6-12/h1-8,16-17,19-20H,9-11H2. The van der Waals surface area contributed by atoms with Crippen molar-refractivity contribution in [3.05, 3.63) is 71.0 Å². The molecule has 2 unspecified atom stereocenters. The summed E-state index contributed by atoms with van der Waals surface area (Å²) in [5, 5.41) is 13.1. The van der Waals surface area contributed by atoms with E-state index in [0.717, 1.165) is 29.5 Å². The number of aliphatic hydroxyl groups excluding tert-OH is 1. The highest BCUT2D eigenvalue weighted by Gasteiger charge is 2.26. The Balaban J connectivity index is 1.81. The number of halogens is 1. The molecule has 2 atom stereocenters. The fraction of sp³-hybridized carbons (Fsp3) is 0.294. The molecule has 104 valence electrons. The summed E-state index contributed by atoms with van der Waals surface area (Å²) in [6.45, 7) is 0.0329. The predicted molar refractivity (Wildman–Crippen MR) is 76.9 cm³/mol. The van der Waals surface area contributed by atoms with Gasteiger partial charge in [0.25, 0.3) is 0 Å². The molecule has 3 heteroatoms. The van der Waals surface area contributed by atoms with Crippen molar-refractivity contribution in [2.75, 3.05) is 6.61 Å². The van der Waals surface area contributed by atoms with E-state index in [-0.39, 0.29) is 24.5 Å². The van der Waals surface area contributed by atoms with E-state index in [1.807, 2.05) is 36.4 Å². The Kier molecular flexibility index (Phi) is 3.81. The smallest absolute Gasteiger partial charge is 0.126 e. The van der Waals surface area contributed by atoms with E-state index in [9.17, 15) is 9.50 Å². The minimum Gasteiger partial charge on any atom is -0.394 e. The van der Waals surface area contributed by atoms with Crippen LogP contribution < -0.4 is 5.32 Å². The summed E-state index contributed by atoms with van der Waals surface area (Å²) in [6, 6.07) is 15.1. The van der Waals surface area contributed by atoms with Gasteiger partial charge in [-0.1, -0.05) is 42.5 Å². The van der Waals surface area contributed by atoms with E-state index in [2.05, 4.69) is 5.32 Å². The first-order valence-electron chi connectivity index (χ1n) is 6.98. The number of aliphatic hydroxyl groups is 1. The molecule has 3 rings (SSSR count). The molecule has 0 aliphatic heterocycles. The van der Waals surface area contributed by atoms with Crippen LogP contribution >= 0.6 is 0 Å². The summed E-state index contributed by atoms with van der Waals surface area (Å²) in [7, 11) is 0. The van der Waals surface area contributed by atoms with Crippen molar-refractivity contribution in [2.45, 2.75) is 24.9 Å². The molecule has 2 N–H and O–H groups in total. The largest absolute Gasteiger partial charge is 0.394 e. The van der Waals surface area contributed by atoms with Crippen molar-refractivity contribution < 1.29 is 9.50 Å². The van der Waals surface area contributed by atoms with E-state index >= 15 is 0 Å². The molecular weight excluding hydrogens is 253 g/mol. The fourth-order valence-electron chi connectivity index (χ4n) is 2.97. The van der Waals surface area contributed by atoms with E-state index in [1.54, 1.807) is 6.07 Å². The first-order valence-corrected chi connectivity index (χ1v) is 6.98. The molecule has 0 heterocycles.